The van der Waals surface area contributed by atoms with Crippen LogP contribution in [-0.4, -0.2) is 31.4 Å². The molecule has 1 atom stereocenters. The van der Waals surface area contributed by atoms with Gasteiger partial charge in [0.25, 0.3) is 11.5 Å². The summed E-state index contributed by atoms with van der Waals surface area (Å²) in [5, 5.41) is 0.194. The predicted molar refractivity (Wildman–Crippen MR) is 115 cm³/mol. The fourth-order valence-corrected chi connectivity index (χ4v) is 4.30. The van der Waals surface area contributed by atoms with E-state index in [0.29, 0.717) is 29.9 Å². The number of carbonyl (C=O) groups excluding carboxylic acids is 1. The van der Waals surface area contributed by atoms with Gasteiger partial charge in [0.05, 0.1) is 23.3 Å². The minimum Gasteiger partial charge on any atom is -0.467 e. The Morgan fingerprint density at radius 1 is 1.32 bits per heavy atom. The van der Waals surface area contributed by atoms with Gasteiger partial charge in [-0.05, 0) is 57.2 Å². The molecule has 8 nitrogen and oxygen atoms in total. The number of H-pyrrole nitrogens is 1. The molecular formula is C23H26N4O4. The zero-order valence-electron chi connectivity index (χ0n) is 17.8. The highest BCUT2D eigenvalue weighted by molar-refractivity contribution is 6.05. The second-order valence-corrected chi connectivity index (χ2v) is 8.61. The minimum atomic E-state index is -0.563. The molecule has 31 heavy (non-hydrogen) atoms. The summed E-state index contributed by atoms with van der Waals surface area (Å²) in [6, 6.07) is 5.29. The topological polar surface area (TPSA) is 101 Å². The summed E-state index contributed by atoms with van der Waals surface area (Å²) in [6.45, 7) is 4.33. The quantitative estimate of drug-likeness (QED) is 0.629. The summed E-state index contributed by atoms with van der Waals surface area (Å²) in [6.07, 6.45) is 6.16. The number of hydrogen-bond donors (Lipinski definition) is 1. The molecule has 1 N–H and O–H groups in total. The number of furan rings is 1. The number of amides is 1. The predicted octanol–water partition coefficient (Wildman–Crippen LogP) is 3.33. The Kier molecular flexibility index (Phi) is 4.79. The maximum atomic E-state index is 13.9. The lowest BCUT2D eigenvalue weighted by molar-refractivity contribution is 0.0654. The Balaban J connectivity index is 1.71. The Labute approximate surface area is 178 Å². The maximum Gasteiger partial charge on any atom is 0.329 e. The number of hydrogen-bond acceptors (Lipinski definition) is 5. The molecule has 2 saturated carbocycles. The molecule has 8 heteroatoms. The van der Waals surface area contributed by atoms with E-state index in [1.54, 1.807) is 12.3 Å². The van der Waals surface area contributed by atoms with Gasteiger partial charge in [0.1, 0.15) is 5.76 Å². The molecule has 1 amide bonds. The first-order chi connectivity index (χ1) is 15.0. The zero-order valence-corrected chi connectivity index (χ0v) is 17.8. The third-order valence-corrected chi connectivity index (χ3v) is 6.19. The average Bonchev–Trinajstić information content (AvgIpc) is 3.69. The molecule has 3 heterocycles. The summed E-state index contributed by atoms with van der Waals surface area (Å²) >= 11 is 0. The second kappa shape index (κ2) is 7.51. The van der Waals surface area contributed by atoms with Crippen molar-refractivity contribution in [3.63, 3.8) is 0 Å². The van der Waals surface area contributed by atoms with Gasteiger partial charge in [-0.1, -0.05) is 6.92 Å². The zero-order chi connectivity index (χ0) is 21.7. The molecular weight excluding hydrogens is 396 g/mol. The number of rotatable bonds is 7. The van der Waals surface area contributed by atoms with Gasteiger partial charge in [-0.2, -0.15) is 0 Å². The molecule has 0 aliphatic heterocycles. The first-order valence-electron chi connectivity index (χ1n) is 11.0. The first kappa shape index (κ1) is 19.8. The fraction of sp³-hybridized carbons (Fsp3) is 0.478. The monoisotopic (exact) mass is 422 g/mol. The van der Waals surface area contributed by atoms with Crippen LogP contribution in [0.3, 0.4) is 0 Å². The van der Waals surface area contributed by atoms with Gasteiger partial charge >= 0.3 is 5.69 Å². The largest absolute Gasteiger partial charge is 0.467 e. The van der Waals surface area contributed by atoms with E-state index >= 15 is 0 Å². The summed E-state index contributed by atoms with van der Waals surface area (Å²) < 4.78 is 7.05. The van der Waals surface area contributed by atoms with Crippen molar-refractivity contribution >= 4 is 16.9 Å². The SMILES string of the molecule is CCCn1c(=O)[nH]c(=O)c2c(C(=O)N(C3CC3)C(C)c3ccco3)cc(C3CC3)nc21. The van der Waals surface area contributed by atoms with Crippen LogP contribution in [0.25, 0.3) is 11.0 Å². The molecule has 1 unspecified atom stereocenters. The second-order valence-electron chi connectivity index (χ2n) is 8.61. The van der Waals surface area contributed by atoms with Crippen molar-refractivity contribution in [2.45, 2.75) is 70.5 Å². The van der Waals surface area contributed by atoms with Crippen LogP contribution in [0.4, 0.5) is 0 Å². The van der Waals surface area contributed by atoms with Crippen LogP contribution in [0.5, 0.6) is 0 Å². The number of aryl methyl sites for hydroxylation is 1. The first-order valence-corrected chi connectivity index (χ1v) is 11.0. The van der Waals surface area contributed by atoms with Crippen LogP contribution in [0.1, 0.15) is 79.7 Å². The molecule has 3 aromatic heterocycles. The molecule has 0 aromatic carbocycles. The number of nitrogens with zero attached hydrogens (tertiary/aromatic N) is 3. The van der Waals surface area contributed by atoms with Gasteiger partial charge < -0.3 is 9.32 Å². The third-order valence-electron chi connectivity index (χ3n) is 6.19. The number of fused-ring (bicyclic) bond motifs is 1. The van der Waals surface area contributed by atoms with Crippen LogP contribution < -0.4 is 11.2 Å². The van der Waals surface area contributed by atoms with Crippen LogP contribution in [-0.2, 0) is 6.54 Å². The fourth-order valence-electron chi connectivity index (χ4n) is 4.30. The van der Waals surface area contributed by atoms with E-state index in [-0.39, 0.29) is 29.3 Å². The van der Waals surface area contributed by atoms with Crippen LogP contribution >= 0.6 is 0 Å². The number of aromatic amines is 1. The van der Waals surface area contributed by atoms with Crippen molar-refractivity contribution in [1.29, 1.82) is 0 Å². The number of aromatic nitrogens is 3. The summed E-state index contributed by atoms with van der Waals surface area (Å²) in [5.74, 6) is 0.767. The molecule has 3 aromatic rings. The van der Waals surface area contributed by atoms with Crippen LogP contribution in [0, 0.1) is 0 Å². The number of pyridine rings is 1. The van der Waals surface area contributed by atoms with E-state index in [1.807, 2.05) is 30.9 Å². The Bertz CT molecular complexity index is 1250. The third kappa shape index (κ3) is 3.49. The Morgan fingerprint density at radius 3 is 2.71 bits per heavy atom. The van der Waals surface area contributed by atoms with Crippen LogP contribution in [0.2, 0.25) is 0 Å². The van der Waals surface area contributed by atoms with Gasteiger partial charge in [0.2, 0.25) is 0 Å². The number of nitrogens with one attached hydrogen (secondary N) is 1. The van der Waals surface area contributed by atoms with E-state index in [0.717, 1.165) is 31.4 Å². The van der Waals surface area contributed by atoms with E-state index < -0.39 is 11.2 Å². The molecule has 0 radical (unpaired) electrons. The molecule has 0 saturated heterocycles. The molecule has 2 aliphatic rings. The molecule has 162 valence electrons. The standard InChI is InChI=1S/C23H26N4O4/c1-3-10-26-20-19(21(28)25-23(26)30)16(12-17(24-20)14-6-7-14)22(29)27(15-8-9-15)13(2)18-5-4-11-31-18/h4-5,11-15H,3,6-10H2,1-2H3,(H,25,28,30). The summed E-state index contributed by atoms with van der Waals surface area (Å²) in [7, 11) is 0. The lowest BCUT2D eigenvalue weighted by Crippen LogP contribution is -2.37. The highest BCUT2D eigenvalue weighted by Crippen LogP contribution is 2.41. The molecule has 5 rings (SSSR count). The van der Waals surface area contributed by atoms with Crippen molar-refractivity contribution in [1.82, 2.24) is 19.4 Å². The Morgan fingerprint density at radius 2 is 2.10 bits per heavy atom. The number of carbonyl (C=O) groups is 1. The van der Waals surface area contributed by atoms with Crippen molar-refractivity contribution in [3.05, 3.63) is 62.3 Å². The molecule has 2 aliphatic carbocycles. The average molecular weight is 422 g/mol. The maximum absolute atomic E-state index is 13.9. The van der Waals surface area contributed by atoms with E-state index in [4.69, 9.17) is 4.42 Å². The van der Waals surface area contributed by atoms with Crippen molar-refractivity contribution in [3.8, 4) is 0 Å². The van der Waals surface area contributed by atoms with Crippen LogP contribution in [0.15, 0.2) is 38.5 Å². The molecule has 0 spiro atoms. The molecule has 0 bridgehead atoms. The van der Waals surface area contributed by atoms with Crippen molar-refractivity contribution in [2.24, 2.45) is 0 Å². The summed E-state index contributed by atoms with van der Waals surface area (Å²) in [5.41, 5.74) is 0.369. The van der Waals surface area contributed by atoms with Gasteiger partial charge in [0, 0.05) is 24.2 Å². The smallest absolute Gasteiger partial charge is 0.329 e. The van der Waals surface area contributed by atoms with Crippen molar-refractivity contribution in [2.75, 3.05) is 0 Å². The summed E-state index contributed by atoms with van der Waals surface area (Å²) in [4.78, 5) is 48.2. The van der Waals surface area contributed by atoms with Gasteiger partial charge in [-0.15, -0.1) is 0 Å². The van der Waals surface area contributed by atoms with E-state index in [9.17, 15) is 14.4 Å². The minimum absolute atomic E-state index is 0.112. The van der Waals surface area contributed by atoms with Gasteiger partial charge in [0.15, 0.2) is 5.65 Å². The lowest BCUT2D eigenvalue weighted by atomic mass is 10.1. The highest BCUT2D eigenvalue weighted by atomic mass is 16.3. The van der Waals surface area contributed by atoms with E-state index in [2.05, 4.69) is 9.97 Å². The van der Waals surface area contributed by atoms with Crippen molar-refractivity contribution < 1.29 is 9.21 Å². The highest BCUT2D eigenvalue weighted by Gasteiger charge is 2.39. The van der Waals surface area contributed by atoms with Gasteiger partial charge in [-0.3, -0.25) is 19.1 Å². The van der Waals surface area contributed by atoms with E-state index in [1.165, 1.54) is 4.57 Å². The molecule has 2 fully saturated rings. The normalized spacial score (nSPS) is 17.1. The lowest BCUT2D eigenvalue weighted by Gasteiger charge is -2.28. The van der Waals surface area contributed by atoms with Gasteiger partial charge in [-0.25, -0.2) is 9.78 Å². The Hall–Kier alpha value is -3.16.